The zero-order chi connectivity index (χ0) is 45.7. The monoisotopic (exact) mass is 916 g/mol. The molecule has 2 aliphatic rings. The maximum Gasteiger partial charge on any atom is 0.306 e. The number of quaternary nitrogens is 2. The van der Waals surface area contributed by atoms with Crippen molar-refractivity contribution in [2.75, 3.05) is 81.9 Å². The van der Waals surface area contributed by atoms with Crippen LogP contribution in [0.1, 0.15) is 83.7 Å². The highest BCUT2D eigenvalue weighted by Gasteiger charge is 2.38. The molecule has 4 aromatic carbocycles. The van der Waals surface area contributed by atoms with E-state index in [1.807, 2.05) is 36.4 Å². The molecule has 0 radical (unpaired) electrons. The maximum absolute atomic E-state index is 12.6. The molecule has 0 fully saturated rings. The summed E-state index contributed by atoms with van der Waals surface area (Å²) in [5.41, 5.74) is 7.55. The summed E-state index contributed by atoms with van der Waals surface area (Å²) in [4.78, 5) is 25.2. The Morgan fingerprint density at radius 1 is 0.578 bits per heavy atom. The third-order valence-electron chi connectivity index (χ3n) is 12.8. The van der Waals surface area contributed by atoms with Crippen molar-refractivity contribution in [2.45, 2.75) is 76.3 Å². The standard InChI is InChI=1S/C52H66Cl2N2O8/c1-55(33-39(27-37-15-19-43(53)20-16-37)45-31-49(61-5)47(59-3)29-41(45)35-55)23-11-25-63-51(57)13-9-7-8-10-14-52(58)64-26-12-24-56(2)34-40(28-38-17-21-44(54)22-18-38)46-32-50(62-6)48(60-4)30-42(46)36-56/h7-8,15-22,29-32,39-40H,9-14,23-28,33-36H2,1-6H3/q+2/b8-7+/t39-,40+,55-,56+. The van der Waals surface area contributed by atoms with Gasteiger partial charge >= 0.3 is 11.9 Å². The number of allylic oxidation sites excluding steroid dienone is 2. The molecule has 344 valence electrons. The molecule has 0 aliphatic carbocycles. The zero-order valence-electron chi connectivity index (χ0n) is 38.5. The van der Waals surface area contributed by atoms with Crippen molar-refractivity contribution < 1.29 is 47.0 Å². The van der Waals surface area contributed by atoms with Crippen LogP contribution in [0.2, 0.25) is 10.0 Å². The summed E-state index contributed by atoms with van der Waals surface area (Å²) < 4.78 is 35.6. The number of halogens is 2. The Morgan fingerprint density at radius 3 is 1.30 bits per heavy atom. The van der Waals surface area contributed by atoms with Crippen molar-refractivity contribution in [2.24, 2.45) is 0 Å². The number of ether oxygens (including phenoxy) is 6. The summed E-state index contributed by atoms with van der Waals surface area (Å²) in [5, 5.41) is 1.46. The molecule has 64 heavy (non-hydrogen) atoms. The van der Waals surface area contributed by atoms with E-state index in [1.54, 1.807) is 28.4 Å². The van der Waals surface area contributed by atoms with Crippen LogP contribution in [0, 0.1) is 0 Å². The Balaban J connectivity index is 0.887. The third kappa shape index (κ3) is 13.4. The van der Waals surface area contributed by atoms with E-state index in [1.165, 1.54) is 33.4 Å². The number of nitrogens with zero attached hydrogens (tertiary/aromatic N) is 2. The number of rotatable bonds is 22. The molecule has 12 heteroatoms. The molecule has 4 atom stereocenters. The second-order valence-corrected chi connectivity index (χ2v) is 18.8. The molecule has 6 rings (SSSR count). The Labute approximate surface area is 390 Å². The Hall–Kier alpha value is -4.74. The van der Waals surface area contributed by atoms with Crippen molar-refractivity contribution >= 4 is 35.1 Å². The number of carbonyl (C=O) groups excluding carboxylic acids is 2. The smallest absolute Gasteiger partial charge is 0.306 e. The van der Waals surface area contributed by atoms with Gasteiger partial charge in [-0.2, -0.15) is 0 Å². The molecule has 0 saturated heterocycles. The molecule has 0 amide bonds. The lowest BCUT2D eigenvalue weighted by Crippen LogP contribution is -2.50. The summed E-state index contributed by atoms with van der Waals surface area (Å²) in [6.07, 6.45) is 8.90. The quantitative estimate of drug-likeness (QED) is 0.0333. The van der Waals surface area contributed by atoms with E-state index >= 15 is 0 Å². The van der Waals surface area contributed by atoms with Gasteiger partial charge in [-0.25, -0.2) is 0 Å². The highest BCUT2D eigenvalue weighted by Crippen LogP contribution is 2.42. The summed E-state index contributed by atoms with van der Waals surface area (Å²) in [6, 6.07) is 24.7. The highest BCUT2D eigenvalue weighted by atomic mass is 35.5. The van der Waals surface area contributed by atoms with Crippen LogP contribution < -0.4 is 18.9 Å². The van der Waals surface area contributed by atoms with Gasteiger partial charge in [-0.15, -0.1) is 0 Å². The van der Waals surface area contributed by atoms with Crippen molar-refractivity contribution in [3.8, 4) is 23.0 Å². The van der Waals surface area contributed by atoms with Crippen molar-refractivity contribution in [3.63, 3.8) is 0 Å². The Morgan fingerprint density at radius 2 is 0.938 bits per heavy atom. The molecular weight excluding hydrogens is 851 g/mol. The summed E-state index contributed by atoms with van der Waals surface area (Å²) in [5.74, 6) is 3.07. The number of hydrogen-bond acceptors (Lipinski definition) is 8. The van der Waals surface area contributed by atoms with Crippen LogP contribution in [0.15, 0.2) is 84.9 Å². The van der Waals surface area contributed by atoms with Gasteiger partial charge in [0.1, 0.15) is 13.1 Å². The second kappa shape index (κ2) is 22.9. The van der Waals surface area contributed by atoms with Crippen LogP contribution in [-0.4, -0.2) is 103 Å². The van der Waals surface area contributed by atoms with Gasteiger partial charge < -0.3 is 37.4 Å². The molecule has 0 bridgehead atoms. The second-order valence-electron chi connectivity index (χ2n) is 17.9. The van der Waals surface area contributed by atoms with E-state index in [0.717, 1.165) is 107 Å². The molecule has 4 aromatic rings. The first kappa shape index (κ1) is 48.7. The van der Waals surface area contributed by atoms with Gasteiger partial charge in [-0.3, -0.25) is 9.59 Å². The van der Waals surface area contributed by atoms with Crippen LogP contribution in [0.4, 0.5) is 0 Å². The Kier molecular flexibility index (Phi) is 17.5. The minimum absolute atomic E-state index is 0.211. The van der Waals surface area contributed by atoms with Crippen molar-refractivity contribution in [1.29, 1.82) is 0 Å². The number of hydrogen-bond donors (Lipinski definition) is 0. The topological polar surface area (TPSA) is 89.5 Å². The van der Waals surface area contributed by atoms with Crippen molar-refractivity contribution in [3.05, 3.63) is 128 Å². The van der Waals surface area contributed by atoms with Gasteiger partial charge in [0.2, 0.25) is 0 Å². The zero-order valence-corrected chi connectivity index (χ0v) is 40.0. The van der Waals surface area contributed by atoms with Gasteiger partial charge in [-0.05, 0) is 96.5 Å². The fourth-order valence-corrected chi connectivity index (χ4v) is 9.92. The lowest BCUT2D eigenvalue weighted by atomic mass is 9.83. The van der Waals surface area contributed by atoms with Crippen LogP contribution in [0.25, 0.3) is 0 Å². The van der Waals surface area contributed by atoms with E-state index in [-0.39, 0.29) is 23.8 Å². The van der Waals surface area contributed by atoms with Crippen LogP contribution in [-0.2, 0) is 45.0 Å². The Bertz CT molecular complexity index is 2060. The SMILES string of the molecule is COc1cc2c(cc1OC)[C@H](Cc1ccc(Cl)cc1)C[N@@+](C)(CCCOC(=O)CC/C=C/CCC(=O)OCCC[N@+]1(C)Cc3cc(OC)c(OC)cc3[C@@H](Cc3ccc(Cl)cc3)C1)C2. The normalized spacial score (nSPS) is 20.2. The molecular formula is C52H66Cl2N2O8+2. The van der Waals surface area contributed by atoms with Crippen LogP contribution in [0.3, 0.4) is 0 Å². The first-order valence-electron chi connectivity index (χ1n) is 22.4. The molecule has 0 saturated carbocycles. The number of methoxy groups -OCH3 is 4. The number of fused-ring (bicyclic) bond motifs is 2. The highest BCUT2D eigenvalue weighted by molar-refractivity contribution is 6.30. The van der Waals surface area contributed by atoms with Crippen molar-refractivity contribution in [1.82, 2.24) is 0 Å². The first-order valence-corrected chi connectivity index (χ1v) is 23.2. The van der Waals surface area contributed by atoms with E-state index < -0.39 is 0 Å². The fourth-order valence-electron chi connectivity index (χ4n) is 9.67. The first-order chi connectivity index (χ1) is 30.8. The summed E-state index contributed by atoms with van der Waals surface area (Å²) >= 11 is 12.4. The number of benzene rings is 4. The van der Waals surface area contributed by atoms with Crippen LogP contribution in [0.5, 0.6) is 23.0 Å². The molecule has 0 unspecified atom stereocenters. The van der Waals surface area contributed by atoms with E-state index in [9.17, 15) is 9.59 Å². The molecule has 0 spiro atoms. The maximum atomic E-state index is 12.6. The predicted molar refractivity (Wildman–Crippen MR) is 253 cm³/mol. The van der Waals surface area contributed by atoms with E-state index in [0.29, 0.717) is 38.9 Å². The average Bonchev–Trinajstić information content (AvgIpc) is 3.28. The number of likely N-dealkylation sites (N-methyl/N-ethyl adjacent to an activating group) is 2. The summed E-state index contributed by atoms with van der Waals surface area (Å²) in [7, 11) is 11.3. The van der Waals surface area contributed by atoms with Gasteiger partial charge in [0.15, 0.2) is 23.0 Å². The fraction of sp³-hybridized carbons (Fsp3) is 0.462. The minimum Gasteiger partial charge on any atom is -0.493 e. The molecule has 0 aromatic heterocycles. The van der Waals surface area contributed by atoms with Gasteiger partial charge in [0, 0.05) is 58.7 Å². The van der Waals surface area contributed by atoms with Gasteiger partial charge in [0.25, 0.3) is 0 Å². The van der Waals surface area contributed by atoms with Gasteiger partial charge in [0.05, 0.1) is 81.9 Å². The minimum atomic E-state index is -0.211. The molecule has 0 N–H and O–H groups in total. The third-order valence-corrected chi connectivity index (χ3v) is 13.3. The number of esters is 2. The largest absolute Gasteiger partial charge is 0.493 e. The average molecular weight is 918 g/mol. The molecule has 2 aliphatic heterocycles. The van der Waals surface area contributed by atoms with E-state index in [4.69, 9.17) is 51.6 Å². The van der Waals surface area contributed by atoms with E-state index in [2.05, 4.69) is 62.6 Å². The predicted octanol–water partition coefficient (Wildman–Crippen LogP) is 10.3. The lowest BCUT2D eigenvalue weighted by molar-refractivity contribution is -0.926. The molecule has 2 heterocycles. The molecule has 10 nitrogen and oxygen atoms in total. The summed E-state index contributed by atoms with van der Waals surface area (Å²) in [6.45, 7) is 6.11. The van der Waals surface area contributed by atoms with Crippen LogP contribution >= 0.6 is 23.2 Å². The lowest BCUT2D eigenvalue weighted by Gasteiger charge is -2.43. The number of carbonyl (C=O) groups is 2. The van der Waals surface area contributed by atoms with Gasteiger partial charge in [-0.1, -0.05) is 59.6 Å².